The van der Waals surface area contributed by atoms with Gasteiger partial charge in [0.25, 0.3) is 0 Å². The fourth-order valence-electron chi connectivity index (χ4n) is 0.759. The van der Waals surface area contributed by atoms with Gasteiger partial charge < -0.3 is 16.2 Å². The van der Waals surface area contributed by atoms with E-state index in [1.165, 1.54) is 6.92 Å². The fourth-order valence-corrected chi connectivity index (χ4v) is 0.759. The topological polar surface area (TPSA) is 109 Å². The predicted octanol–water partition coefficient (Wildman–Crippen LogP) is 0.504. The zero-order chi connectivity index (χ0) is 13.6. The first-order chi connectivity index (χ1) is 7.43. The highest BCUT2D eigenvalue weighted by Gasteiger charge is 2.05. The van der Waals surface area contributed by atoms with E-state index < -0.39 is 5.97 Å². The number of nitrogens with one attached hydrogen (secondary N) is 1. The van der Waals surface area contributed by atoms with Crippen molar-refractivity contribution in [2.75, 3.05) is 0 Å². The average Bonchev–Trinajstić information content (AvgIpc) is 2.18. The molecule has 1 atom stereocenters. The third kappa shape index (κ3) is 29.4. The van der Waals surface area contributed by atoms with E-state index in [1.807, 2.05) is 13.8 Å². The van der Waals surface area contributed by atoms with Crippen molar-refractivity contribution in [2.45, 2.75) is 46.6 Å². The van der Waals surface area contributed by atoms with Gasteiger partial charge in [0.1, 0.15) is 0 Å². The van der Waals surface area contributed by atoms with E-state index in [0.29, 0.717) is 6.42 Å². The van der Waals surface area contributed by atoms with Gasteiger partial charge in [0.2, 0.25) is 12.3 Å². The Morgan fingerprint density at radius 3 is 2.06 bits per heavy atom. The lowest BCUT2D eigenvalue weighted by atomic mass is 10.2. The quantitative estimate of drug-likeness (QED) is 0.615. The zero-order valence-corrected chi connectivity index (χ0v) is 10.3. The van der Waals surface area contributed by atoms with E-state index in [-0.39, 0.29) is 24.8 Å². The number of carboxylic acid groups (broad SMARTS) is 1. The first-order valence-corrected chi connectivity index (χ1v) is 5.08. The van der Waals surface area contributed by atoms with Crippen molar-refractivity contribution in [1.82, 2.24) is 5.32 Å². The minimum atomic E-state index is -0.831. The molecule has 4 N–H and O–H groups in total. The molecule has 6 heteroatoms. The lowest BCUT2D eigenvalue weighted by Crippen LogP contribution is -2.30. The van der Waals surface area contributed by atoms with Gasteiger partial charge in [-0.05, 0) is 13.3 Å². The molecule has 0 aliphatic carbocycles. The van der Waals surface area contributed by atoms with Gasteiger partial charge in [0, 0.05) is 19.4 Å². The minimum Gasteiger partial charge on any atom is -0.481 e. The maximum atomic E-state index is 10.4. The standard InChI is InChI=1S/C7H13NO3.C2H6.CH3NO/c1-5(8-6(2)9)3-4-7(10)11;1-2;2-1-3/h5H,3-4H2,1-2H3,(H,8,9)(H,10,11);1-2H3;1H,(H2,2,3). The Balaban J connectivity index is -0.000000289. The lowest BCUT2D eigenvalue weighted by Gasteiger charge is -2.09. The third-order valence-electron chi connectivity index (χ3n) is 1.24. The number of rotatable bonds is 4. The molecule has 0 aromatic heterocycles. The number of carboxylic acids is 1. The summed E-state index contributed by atoms with van der Waals surface area (Å²) in [6, 6.07) is -0.0522. The molecular formula is C10H22N2O4. The molecule has 0 bridgehead atoms. The Labute approximate surface area is 96.2 Å². The molecule has 0 aliphatic rings. The highest BCUT2D eigenvalue weighted by molar-refractivity contribution is 5.73. The SMILES string of the molecule is CC.CC(=O)NC(C)CCC(=O)O.NC=O. The van der Waals surface area contributed by atoms with Crippen LogP contribution in [0.2, 0.25) is 0 Å². The zero-order valence-electron chi connectivity index (χ0n) is 10.3. The molecule has 0 aliphatic heterocycles. The van der Waals surface area contributed by atoms with Crippen LogP contribution in [0.25, 0.3) is 0 Å². The maximum absolute atomic E-state index is 10.4. The van der Waals surface area contributed by atoms with Crippen molar-refractivity contribution >= 4 is 18.3 Å². The Morgan fingerprint density at radius 1 is 1.44 bits per heavy atom. The highest BCUT2D eigenvalue weighted by Crippen LogP contribution is 1.95. The second-order valence-electron chi connectivity index (χ2n) is 2.67. The summed E-state index contributed by atoms with van der Waals surface area (Å²) < 4.78 is 0. The first kappa shape index (κ1) is 19.9. The number of hydrogen-bond donors (Lipinski definition) is 3. The predicted molar refractivity (Wildman–Crippen MR) is 61.7 cm³/mol. The van der Waals surface area contributed by atoms with Crippen LogP contribution in [0, 0.1) is 0 Å². The molecule has 2 amide bonds. The lowest BCUT2D eigenvalue weighted by molar-refractivity contribution is -0.137. The molecule has 0 heterocycles. The van der Waals surface area contributed by atoms with Gasteiger partial charge in [-0.25, -0.2) is 0 Å². The third-order valence-corrected chi connectivity index (χ3v) is 1.24. The smallest absolute Gasteiger partial charge is 0.303 e. The largest absolute Gasteiger partial charge is 0.481 e. The number of carbonyl (C=O) groups excluding carboxylic acids is 2. The van der Waals surface area contributed by atoms with Crippen LogP contribution in [0.3, 0.4) is 0 Å². The molecular weight excluding hydrogens is 212 g/mol. The van der Waals surface area contributed by atoms with Gasteiger partial charge in [-0.15, -0.1) is 0 Å². The van der Waals surface area contributed by atoms with Crippen molar-refractivity contribution in [1.29, 1.82) is 0 Å². The van der Waals surface area contributed by atoms with Crippen molar-refractivity contribution < 1.29 is 19.5 Å². The Kier molecular flexibility index (Phi) is 19.7. The van der Waals surface area contributed by atoms with Gasteiger partial charge >= 0.3 is 5.97 Å². The van der Waals surface area contributed by atoms with Crippen molar-refractivity contribution in [3.8, 4) is 0 Å². The van der Waals surface area contributed by atoms with Gasteiger partial charge in [0.05, 0.1) is 0 Å². The van der Waals surface area contributed by atoms with E-state index in [4.69, 9.17) is 9.90 Å². The number of hydrogen-bond acceptors (Lipinski definition) is 3. The second-order valence-corrected chi connectivity index (χ2v) is 2.67. The Bertz CT molecular complexity index is 195. The molecule has 1 unspecified atom stereocenters. The summed E-state index contributed by atoms with van der Waals surface area (Å²) in [6.07, 6.45) is 0.830. The van der Waals surface area contributed by atoms with E-state index in [1.54, 1.807) is 6.92 Å². The molecule has 0 spiro atoms. The molecule has 0 fully saturated rings. The number of aliphatic carboxylic acids is 1. The summed E-state index contributed by atoms with van der Waals surface area (Å²) in [7, 11) is 0. The van der Waals surface area contributed by atoms with E-state index in [2.05, 4.69) is 11.1 Å². The highest BCUT2D eigenvalue weighted by atomic mass is 16.4. The summed E-state index contributed by atoms with van der Waals surface area (Å²) in [5, 5.41) is 10.9. The van der Waals surface area contributed by atoms with Crippen LogP contribution in [0.1, 0.15) is 40.5 Å². The summed E-state index contributed by atoms with van der Waals surface area (Å²) in [5.74, 6) is -0.954. The number of nitrogens with two attached hydrogens (primary N) is 1. The van der Waals surface area contributed by atoms with Crippen LogP contribution in [0.15, 0.2) is 0 Å². The molecule has 0 aromatic rings. The van der Waals surface area contributed by atoms with Gasteiger partial charge in [0.15, 0.2) is 0 Å². The van der Waals surface area contributed by atoms with Crippen molar-refractivity contribution in [3.63, 3.8) is 0 Å². The summed E-state index contributed by atoms with van der Waals surface area (Å²) >= 11 is 0. The summed E-state index contributed by atoms with van der Waals surface area (Å²) in [6.45, 7) is 7.20. The van der Waals surface area contributed by atoms with Gasteiger partial charge in [-0.3, -0.25) is 14.4 Å². The maximum Gasteiger partial charge on any atom is 0.303 e. The molecule has 0 aromatic carbocycles. The monoisotopic (exact) mass is 234 g/mol. The summed E-state index contributed by atoms with van der Waals surface area (Å²) in [5.41, 5.74) is 4.17. The average molecular weight is 234 g/mol. The molecule has 96 valence electrons. The van der Waals surface area contributed by atoms with E-state index in [9.17, 15) is 9.59 Å². The minimum absolute atomic E-state index is 0.0522. The number of amides is 2. The second kappa shape index (κ2) is 15.9. The number of carbonyl (C=O) groups is 3. The van der Waals surface area contributed by atoms with Crippen LogP contribution in [-0.2, 0) is 14.4 Å². The van der Waals surface area contributed by atoms with Gasteiger partial charge in [-0.2, -0.15) is 0 Å². The van der Waals surface area contributed by atoms with Crippen molar-refractivity contribution in [2.24, 2.45) is 5.73 Å². The van der Waals surface area contributed by atoms with E-state index in [0.717, 1.165) is 0 Å². The summed E-state index contributed by atoms with van der Waals surface area (Å²) in [4.78, 5) is 29.1. The molecule has 0 radical (unpaired) electrons. The molecule has 16 heavy (non-hydrogen) atoms. The van der Waals surface area contributed by atoms with Crippen LogP contribution in [-0.4, -0.2) is 29.4 Å². The molecule has 0 saturated heterocycles. The van der Waals surface area contributed by atoms with Crippen LogP contribution < -0.4 is 11.1 Å². The molecule has 0 rings (SSSR count). The molecule has 0 saturated carbocycles. The normalized spacial score (nSPS) is 9.50. The van der Waals surface area contributed by atoms with Crippen LogP contribution in [0.4, 0.5) is 0 Å². The van der Waals surface area contributed by atoms with Crippen LogP contribution >= 0.6 is 0 Å². The first-order valence-electron chi connectivity index (χ1n) is 5.08. The van der Waals surface area contributed by atoms with E-state index >= 15 is 0 Å². The van der Waals surface area contributed by atoms with Gasteiger partial charge in [-0.1, -0.05) is 13.8 Å². The number of primary amides is 1. The van der Waals surface area contributed by atoms with Crippen LogP contribution in [0.5, 0.6) is 0 Å². The fraction of sp³-hybridized carbons (Fsp3) is 0.700. The molecule has 6 nitrogen and oxygen atoms in total. The Hall–Kier alpha value is -1.59. The van der Waals surface area contributed by atoms with Crippen molar-refractivity contribution in [3.05, 3.63) is 0 Å². The Morgan fingerprint density at radius 2 is 1.81 bits per heavy atom.